The van der Waals surface area contributed by atoms with Crippen LogP contribution < -0.4 is 0 Å². The molecule has 0 aromatic carbocycles. The Morgan fingerprint density at radius 3 is 1.92 bits per heavy atom. The third kappa shape index (κ3) is 8.79. The average Bonchev–Trinajstić information content (AvgIpc) is 2.56. The Morgan fingerprint density at radius 1 is 0.958 bits per heavy atom. The summed E-state index contributed by atoms with van der Waals surface area (Å²) in [7, 11) is -4.03. The van der Waals surface area contributed by atoms with Crippen molar-refractivity contribution in [2.24, 2.45) is 5.92 Å². The zero-order valence-corrected chi connectivity index (χ0v) is 16.1. The van der Waals surface area contributed by atoms with E-state index in [9.17, 15) is 18.1 Å². The molecule has 1 atom stereocenters. The predicted octanol–water partition coefficient (Wildman–Crippen LogP) is 3.83. The lowest BCUT2D eigenvalue weighted by Crippen LogP contribution is -2.45. The Kier molecular flexibility index (Phi) is 11.1. The fourth-order valence-corrected chi connectivity index (χ4v) is 4.63. The Bertz CT molecular complexity index is 405. The van der Waals surface area contributed by atoms with Crippen LogP contribution in [-0.4, -0.2) is 48.0 Å². The molecule has 0 aromatic rings. The van der Waals surface area contributed by atoms with Crippen LogP contribution in [0.4, 0.5) is 0 Å². The van der Waals surface area contributed by atoms with Gasteiger partial charge in [-0.3, -0.25) is 9.45 Å². The minimum atomic E-state index is -4.03. The molecule has 6 heteroatoms. The fourth-order valence-electron chi connectivity index (χ4n) is 3.57. The van der Waals surface area contributed by atoms with Crippen molar-refractivity contribution in [3.8, 4) is 0 Å². The summed E-state index contributed by atoms with van der Waals surface area (Å²) in [6, 6.07) is 0. The number of hydrogen-bond acceptors (Lipinski definition) is 4. The van der Waals surface area contributed by atoms with Crippen LogP contribution in [-0.2, 0) is 10.1 Å². The van der Waals surface area contributed by atoms with Crippen LogP contribution in [0.25, 0.3) is 0 Å². The van der Waals surface area contributed by atoms with E-state index in [1.54, 1.807) is 0 Å². The van der Waals surface area contributed by atoms with E-state index < -0.39 is 15.5 Å². The molecule has 1 aliphatic rings. The van der Waals surface area contributed by atoms with Crippen LogP contribution in [0.3, 0.4) is 0 Å². The Hall–Kier alpha value is -0.170. The summed E-state index contributed by atoms with van der Waals surface area (Å²) >= 11 is 0. The maximum Gasteiger partial charge on any atom is 0.281 e. The van der Waals surface area contributed by atoms with E-state index in [0.29, 0.717) is 19.5 Å². The highest BCUT2D eigenvalue weighted by Gasteiger charge is 2.32. The molecule has 1 aliphatic heterocycles. The van der Waals surface area contributed by atoms with E-state index in [1.165, 1.54) is 38.5 Å². The van der Waals surface area contributed by atoms with Gasteiger partial charge in [0.05, 0.1) is 0 Å². The first-order valence-electron chi connectivity index (χ1n) is 9.80. The molecular weight excluding hydrogens is 326 g/mol. The molecule has 0 spiro atoms. The van der Waals surface area contributed by atoms with E-state index >= 15 is 0 Å². The van der Waals surface area contributed by atoms with Gasteiger partial charge in [-0.25, -0.2) is 0 Å². The molecule has 144 valence electrons. The molecule has 0 saturated carbocycles. The van der Waals surface area contributed by atoms with Crippen molar-refractivity contribution in [3.05, 3.63) is 0 Å². The molecular formula is C18H37NO4S. The lowest BCUT2D eigenvalue weighted by atomic mass is 9.97. The SMILES string of the molecule is CCCCCCCCCCCC(N1CCC(CO)CC1)S(=O)(=O)O. The molecule has 5 nitrogen and oxygen atoms in total. The van der Waals surface area contributed by atoms with E-state index in [0.717, 1.165) is 32.1 Å². The lowest BCUT2D eigenvalue weighted by Gasteiger charge is -2.35. The second kappa shape index (κ2) is 12.2. The Balaban J connectivity index is 2.23. The van der Waals surface area contributed by atoms with Crippen LogP contribution in [0, 0.1) is 5.92 Å². The van der Waals surface area contributed by atoms with Crippen molar-refractivity contribution in [2.45, 2.75) is 89.3 Å². The summed E-state index contributed by atoms with van der Waals surface area (Å²) in [6.45, 7) is 3.68. The van der Waals surface area contributed by atoms with Crippen molar-refractivity contribution in [1.29, 1.82) is 0 Å². The summed E-state index contributed by atoms with van der Waals surface area (Å²) in [5.41, 5.74) is 0. The first-order chi connectivity index (χ1) is 11.5. The molecule has 1 rings (SSSR count). The minimum Gasteiger partial charge on any atom is -0.396 e. The van der Waals surface area contributed by atoms with Gasteiger partial charge in [0.25, 0.3) is 10.1 Å². The molecule has 1 saturated heterocycles. The van der Waals surface area contributed by atoms with Crippen molar-refractivity contribution in [3.63, 3.8) is 0 Å². The minimum absolute atomic E-state index is 0.169. The zero-order valence-electron chi connectivity index (χ0n) is 15.3. The van der Waals surface area contributed by atoms with Gasteiger partial charge in [0, 0.05) is 6.61 Å². The van der Waals surface area contributed by atoms with Crippen LogP contribution in [0.15, 0.2) is 0 Å². The average molecular weight is 364 g/mol. The van der Waals surface area contributed by atoms with E-state index in [2.05, 4.69) is 6.92 Å². The molecule has 0 bridgehead atoms. The third-order valence-electron chi connectivity index (χ3n) is 5.21. The Labute approximate surface area is 148 Å². The van der Waals surface area contributed by atoms with Gasteiger partial charge in [-0.1, -0.05) is 64.7 Å². The monoisotopic (exact) mass is 363 g/mol. The highest BCUT2D eigenvalue weighted by Crippen LogP contribution is 2.23. The molecule has 24 heavy (non-hydrogen) atoms. The smallest absolute Gasteiger partial charge is 0.281 e. The summed E-state index contributed by atoms with van der Waals surface area (Å²) in [5, 5.41) is 8.42. The van der Waals surface area contributed by atoms with Crippen molar-refractivity contribution >= 4 is 10.1 Å². The number of aliphatic hydroxyl groups excluding tert-OH is 1. The third-order valence-corrected chi connectivity index (χ3v) is 6.43. The maximum atomic E-state index is 11.7. The zero-order chi connectivity index (χ0) is 17.8. The molecule has 1 heterocycles. The largest absolute Gasteiger partial charge is 0.396 e. The summed E-state index contributed by atoms with van der Waals surface area (Å²) in [5.74, 6) is 0.274. The Morgan fingerprint density at radius 2 is 1.46 bits per heavy atom. The highest BCUT2D eigenvalue weighted by molar-refractivity contribution is 7.86. The standard InChI is InChI=1S/C18H37NO4S/c1-2-3-4-5-6-7-8-9-10-11-18(24(21,22)23)19-14-12-17(16-20)13-15-19/h17-18,20H,2-16H2,1H3,(H,21,22,23). The molecule has 0 radical (unpaired) electrons. The molecule has 0 aliphatic carbocycles. The van der Waals surface area contributed by atoms with E-state index in [4.69, 9.17) is 0 Å². The van der Waals surface area contributed by atoms with Gasteiger partial charge in [-0.15, -0.1) is 0 Å². The first kappa shape index (κ1) is 21.9. The van der Waals surface area contributed by atoms with Gasteiger partial charge in [-0.2, -0.15) is 8.42 Å². The van der Waals surface area contributed by atoms with Crippen LogP contribution >= 0.6 is 0 Å². The van der Waals surface area contributed by atoms with Gasteiger partial charge < -0.3 is 5.11 Å². The van der Waals surface area contributed by atoms with Gasteiger partial charge in [0.15, 0.2) is 0 Å². The molecule has 2 N–H and O–H groups in total. The van der Waals surface area contributed by atoms with Crippen LogP contribution in [0.1, 0.15) is 84.0 Å². The molecule has 0 amide bonds. The van der Waals surface area contributed by atoms with E-state index in [-0.39, 0.29) is 12.5 Å². The molecule has 0 aromatic heterocycles. The van der Waals surface area contributed by atoms with Gasteiger partial charge >= 0.3 is 0 Å². The maximum absolute atomic E-state index is 11.7. The first-order valence-corrected chi connectivity index (χ1v) is 11.3. The molecule has 1 unspecified atom stereocenters. The summed E-state index contributed by atoms with van der Waals surface area (Å²) in [6.07, 6.45) is 12.9. The molecule has 1 fully saturated rings. The normalized spacial score (nSPS) is 18.8. The van der Waals surface area contributed by atoms with Gasteiger partial charge in [-0.05, 0) is 38.3 Å². The van der Waals surface area contributed by atoms with Crippen LogP contribution in [0.2, 0.25) is 0 Å². The number of hydrogen-bond donors (Lipinski definition) is 2. The number of nitrogens with zero attached hydrogens (tertiary/aromatic N) is 1. The van der Waals surface area contributed by atoms with Crippen molar-refractivity contribution < 1.29 is 18.1 Å². The predicted molar refractivity (Wildman–Crippen MR) is 98.6 cm³/mol. The van der Waals surface area contributed by atoms with Crippen molar-refractivity contribution in [1.82, 2.24) is 4.90 Å². The topological polar surface area (TPSA) is 77.8 Å². The van der Waals surface area contributed by atoms with Gasteiger partial charge in [0.1, 0.15) is 5.37 Å². The fraction of sp³-hybridized carbons (Fsp3) is 1.00. The van der Waals surface area contributed by atoms with E-state index in [1.807, 2.05) is 4.90 Å². The summed E-state index contributed by atoms with van der Waals surface area (Å²) in [4.78, 5) is 1.88. The second-order valence-electron chi connectivity index (χ2n) is 7.25. The highest BCUT2D eigenvalue weighted by atomic mass is 32.2. The van der Waals surface area contributed by atoms with Crippen LogP contribution in [0.5, 0.6) is 0 Å². The van der Waals surface area contributed by atoms with Gasteiger partial charge in [0.2, 0.25) is 0 Å². The van der Waals surface area contributed by atoms with Crippen molar-refractivity contribution in [2.75, 3.05) is 19.7 Å². The number of piperidine rings is 1. The number of aliphatic hydroxyl groups is 1. The summed E-state index contributed by atoms with van der Waals surface area (Å²) < 4.78 is 33.0. The lowest BCUT2D eigenvalue weighted by molar-refractivity contribution is 0.116. The second-order valence-corrected chi connectivity index (χ2v) is 8.82. The number of likely N-dealkylation sites (tertiary alicyclic amines) is 1. The number of rotatable bonds is 13. The quantitative estimate of drug-likeness (QED) is 0.384. The number of unbranched alkanes of at least 4 members (excludes halogenated alkanes) is 8.